The highest BCUT2D eigenvalue weighted by Crippen LogP contribution is 2.08. The van der Waals surface area contributed by atoms with Crippen LogP contribution < -0.4 is 0 Å². The first-order valence-electron chi connectivity index (χ1n) is 4.77. The van der Waals surface area contributed by atoms with Gasteiger partial charge in [-0.15, -0.1) is 0 Å². The van der Waals surface area contributed by atoms with Gasteiger partial charge in [-0.2, -0.15) is 0 Å². The molecule has 2 rings (SSSR count). The molecule has 0 N–H and O–H groups in total. The number of rotatable bonds is 0. The van der Waals surface area contributed by atoms with E-state index in [-0.39, 0.29) is 5.82 Å². The molecule has 0 atom stereocenters. The minimum absolute atomic E-state index is 0.253. The SMILES string of the molecule is Fc1ccc(C#Cc2ccc(Cl)cc2)cc1. The minimum Gasteiger partial charge on any atom is -0.207 e. The highest BCUT2D eigenvalue weighted by molar-refractivity contribution is 6.30. The van der Waals surface area contributed by atoms with Crippen molar-refractivity contribution in [3.8, 4) is 11.8 Å². The Morgan fingerprint density at radius 2 is 1.19 bits per heavy atom. The number of hydrogen-bond acceptors (Lipinski definition) is 0. The van der Waals surface area contributed by atoms with Crippen LogP contribution in [0, 0.1) is 17.7 Å². The van der Waals surface area contributed by atoms with Crippen molar-refractivity contribution in [2.45, 2.75) is 0 Å². The average Bonchev–Trinajstić information content (AvgIpc) is 2.30. The van der Waals surface area contributed by atoms with E-state index in [1.165, 1.54) is 12.1 Å². The van der Waals surface area contributed by atoms with E-state index in [2.05, 4.69) is 11.8 Å². The molecule has 16 heavy (non-hydrogen) atoms. The number of halogens is 2. The molecule has 2 aromatic carbocycles. The van der Waals surface area contributed by atoms with Crippen molar-refractivity contribution >= 4 is 11.6 Å². The highest BCUT2D eigenvalue weighted by atomic mass is 35.5. The quantitative estimate of drug-likeness (QED) is 0.603. The normalized spacial score (nSPS) is 9.38. The van der Waals surface area contributed by atoms with Gasteiger partial charge in [0.05, 0.1) is 0 Å². The Hall–Kier alpha value is -1.78. The van der Waals surface area contributed by atoms with E-state index in [0.717, 1.165) is 11.1 Å². The lowest BCUT2D eigenvalue weighted by Gasteiger charge is -1.91. The smallest absolute Gasteiger partial charge is 0.123 e. The summed E-state index contributed by atoms with van der Waals surface area (Å²) < 4.78 is 12.6. The lowest BCUT2D eigenvalue weighted by atomic mass is 10.2. The van der Waals surface area contributed by atoms with E-state index in [0.29, 0.717) is 5.02 Å². The van der Waals surface area contributed by atoms with Crippen LogP contribution >= 0.6 is 11.6 Å². The van der Waals surface area contributed by atoms with E-state index in [1.807, 2.05) is 12.1 Å². The summed E-state index contributed by atoms with van der Waals surface area (Å²) in [4.78, 5) is 0. The van der Waals surface area contributed by atoms with Crippen LogP contribution in [0.4, 0.5) is 4.39 Å². The lowest BCUT2D eigenvalue weighted by molar-refractivity contribution is 0.627. The van der Waals surface area contributed by atoms with Gasteiger partial charge in [0.1, 0.15) is 5.82 Å². The van der Waals surface area contributed by atoms with Gasteiger partial charge in [0, 0.05) is 16.1 Å². The predicted octanol–water partition coefficient (Wildman–Crippen LogP) is 3.88. The minimum atomic E-state index is -0.253. The van der Waals surface area contributed by atoms with Gasteiger partial charge in [-0.1, -0.05) is 23.4 Å². The largest absolute Gasteiger partial charge is 0.207 e. The maximum Gasteiger partial charge on any atom is 0.123 e. The average molecular weight is 231 g/mol. The Balaban J connectivity index is 2.21. The van der Waals surface area contributed by atoms with Crippen molar-refractivity contribution in [3.05, 3.63) is 70.5 Å². The van der Waals surface area contributed by atoms with Crippen molar-refractivity contribution in [2.24, 2.45) is 0 Å². The van der Waals surface area contributed by atoms with Crippen LogP contribution in [0.5, 0.6) is 0 Å². The Kier molecular flexibility index (Phi) is 3.24. The lowest BCUT2D eigenvalue weighted by Crippen LogP contribution is -1.77. The molecule has 0 aliphatic rings. The van der Waals surface area contributed by atoms with Crippen molar-refractivity contribution in [1.29, 1.82) is 0 Å². The van der Waals surface area contributed by atoms with Crippen molar-refractivity contribution in [3.63, 3.8) is 0 Å². The maximum atomic E-state index is 12.6. The van der Waals surface area contributed by atoms with Gasteiger partial charge in [0.15, 0.2) is 0 Å². The second kappa shape index (κ2) is 4.83. The molecule has 0 radical (unpaired) electrons. The van der Waals surface area contributed by atoms with E-state index in [9.17, 15) is 4.39 Å². The summed E-state index contributed by atoms with van der Waals surface area (Å²) in [5.74, 6) is 5.67. The van der Waals surface area contributed by atoms with Gasteiger partial charge in [0.25, 0.3) is 0 Å². The molecule has 0 spiro atoms. The van der Waals surface area contributed by atoms with E-state index in [4.69, 9.17) is 11.6 Å². The molecule has 0 aliphatic heterocycles. The van der Waals surface area contributed by atoms with E-state index in [1.54, 1.807) is 24.3 Å². The molecule has 0 bridgehead atoms. The first kappa shape index (κ1) is 10.7. The summed E-state index contributed by atoms with van der Waals surface area (Å²) in [6.45, 7) is 0. The molecule has 2 heteroatoms. The molecule has 78 valence electrons. The van der Waals surface area contributed by atoms with Crippen LogP contribution in [0.15, 0.2) is 48.5 Å². The van der Waals surface area contributed by atoms with Gasteiger partial charge in [0.2, 0.25) is 0 Å². The monoisotopic (exact) mass is 230 g/mol. The van der Waals surface area contributed by atoms with E-state index >= 15 is 0 Å². The fourth-order valence-electron chi connectivity index (χ4n) is 1.21. The molecule has 0 aliphatic carbocycles. The molecule has 0 amide bonds. The third-order valence-electron chi connectivity index (χ3n) is 2.04. The molecule has 0 aromatic heterocycles. The highest BCUT2D eigenvalue weighted by Gasteiger charge is 1.90. The second-order valence-corrected chi connectivity index (χ2v) is 3.70. The Morgan fingerprint density at radius 1 is 0.750 bits per heavy atom. The summed E-state index contributed by atoms with van der Waals surface area (Å²) in [6, 6.07) is 13.4. The third-order valence-corrected chi connectivity index (χ3v) is 2.29. The summed E-state index contributed by atoms with van der Waals surface area (Å²) in [5.41, 5.74) is 1.67. The molecule has 2 aromatic rings. The van der Waals surface area contributed by atoms with Crippen LogP contribution in [0.2, 0.25) is 5.02 Å². The van der Waals surface area contributed by atoms with Gasteiger partial charge in [-0.05, 0) is 48.5 Å². The topological polar surface area (TPSA) is 0 Å². The van der Waals surface area contributed by atoms with E-state index < -0.39 is 0 Å². The van der Waals surface area contributed by atoms with Gasteiger partial charge < -0.3 is 0 Å². The van der Waals surface area contributed by atoms with Crippen LogP contribution in [0.25, 0.3) is 0 Å². The Morgan fingerprint density at radius 3 is 1.69 bits per heavy atom. The standard InChI is InChI=1S/C14H8ClF/c15-13-7-3-11(4-8-13)1-2-12-5-9-14(16)10-6-12/h3-10H. The second-order valence-electron chi connectivity index (χ2n) is 3.26. The fraction of sp³-hybridized carbons (Fsp3) is 0. The van der Waals surface area contributed by atoms with Crippen LogP contribution in [-0.4, -0.2) is 0 Å². The summed E-state index contributed by atoms with van der Waals surface area (Å²) in [6.07, 6.45) is 0. The molecule has 0 heterocycles. The van der Waals surface area contributed by atoms with Crippen LogP contribution in [-0.2, 0) is 0 Å². The van der Waals surface area contributed by atoms with Crippen molar-refractivity contribution in [2.75, 3.05) is 0 Å². The van der Waals surface area contributed by atoms with Gasteiger partial charge in [-0.3, -0.25) is 0 Å². The first-order chi connectivity index (χ1) is 7.74. The first-order valence-corrected chi connectivity index (χ1v) is 5.15. The maximum absolute atomic E-state index is 12.6. The van der Waals surface area contributed by atoms with Crippen molar-refractivity contribution < 1.29 is 4.39 Å². The molecule has 0 saturated carbocycles. The van der Waals surface area contributed by atoms with Gasteiger partial charge in [-0.25, -0.2) is 4.39 Å². The molecule has 0 fully saturated rings. The zero-order valence-corrected chi connectivity index (χ0v) is 9.13. The zero-order valence-electron chi connectivity index (χ0n) is 8.37. The molecular formula is C14H8ClF. The predicted molar refractivity (Wildman–Crippen MR) is 63.8 cm³/mol. The summed E-state index contributed by atoms with van der Waals surface area (Å²) in [5, 5.41) is 0.687. The third kappa shape index (κ3) is 2.85. The van der Waals surface area contributed by atoms with Crippen LogP contribution in [0.3, 0.4) is 0 Å². The van der Waals surface area contributed by atoms with Gasteiger partial charge >= 0.3 is 0 Å². The molecule has 0 nitrogen and oxygen atoms in total. The van der Waals surface area contributed by atoms with Crippen molar-refractivity contribution in [1.82, 2.24) is 0 Å². The zero-order chi connectivity index (χ0) is 11.4. The molecule has 0 unspecified atom stereocenters. The molecule has 0 saturated heterocycles. The number of hydrogen-bond donors (Lipinski definition) is 0. The molecular weight excluding hydrogens is 223 g/mol. The summed E-state index contributed by atoms with van der Waals surface area (Å²) in [7, 11) is 0. The van der Waals surface area contributed by atoms with Crippen LogP contribution in [0.1, 0.15) is 11.1 Å². The number of benzene rings is 2. The Bertz CT molecular complexity index is 480. The fourth-order valence-corrected chi connectivity index (χ4v) is 1.34. The Labute approximate surface area is 98.7 Å². The summed E-state index contributed by atoms with van der Waals surface area (Å²) >= 11 is 5.76.